The van der Waals surface area contributed by atoms with Gasteiger partial charge in [0.05, 0.1) is 33.1 Å². The molecule has 0 bridgehead atoms. The average molecular weight is 683 g/mol. The summed E-state index contributed by atoms with van der Waals surface area (Å²) < 4.78 is 20.6. The number of hydrogen-bond donors (Lipinski definition) is 2. The molecule has 2 aliphatic rings. The highest BCUT2D eigenvalue weighted by Crippen LogP contribution is 2.37. The Bertz CT molecular complexity index is 2050. The number of imide groups is 2. The number of nitrogens with zero attached hydrogens (tertiary/aromatic N) is 4. The molecule has 11 nitrogen and oxygen atoms in total. The second-order valence-electron chi connectivity index (χ2n) is 12.1. The van der Waals surface area contributed by atoms with Crippen molar-refractivity contribution >= 4 is 52.3 Å². The molecular formula is C36H32ClFN6O5. The molecule has 1 saturated heterocycles. The van der Waals surface area contributed by atoms with E-state index in [0.29, 0.717) is 42.3 Å². The molecule has 2 N–H and O–H groups in total. The van der Waals surface area contributed by atoms with Gasteiger partial charge in [0.15, 0.2) is 0 Å². The van der Waals surface area contributed by atoms with Crippen molar-refractivity contribution in [2.75, 3.05) is 23.3 Å². The summed E-state index contributed by atoms with van der Waals surface area (Å²) in [6, 6.07) is 14.7. The van der Waals surface area contributed by atoms with Gasteiger partial charge in [0.2, 0.25) is 11.8 Å². The third-order valence-corrected chi connectivity index (χ3v) is 9.17. The third kappa shape index (κ3) is 6.37. The maximum atomic E-state index is 15.2. The number of nitriles is 1. The number of rotatable bonds is 10. The topological polar surface area (TPSA) is 149 Å². The van der Waals surface area contributed by atoms with Crippen LogP contribution in [0.3, 0.4) is 0 Å². The first-order valence-corrected chi connectivity index (χ1v) is 16.2. The number of carbonyl (C=O) groups is 4. The van der Waals surface area contributed by atoms with Crippen molar-refractivity contribution in [3.05, 3.63) is 93.1 Å². The fourth-order valence-corrected chi connectivity index (χ4v) is 6.56. The van der Waals surface area contributed by atoms with E-state index in [-0.39, 0.29) is 29.7 Å². The van der Waals surface area contributed by atoms with Crippen LogP contribution in [0, 0.1) is 37.9 Å². The number of hydrogen-bond acceptors (Lipinski definition) is 9. The maximum absolute atomic E-state index is 15.2. The Kier molecular flexibility index (Phi) is 9.21. The lowest BCUT2D eigenvalue weighted by molar-refractivity contribution is -0.136. The minimum absolute atomic E-state index is 0.00359. The van der Waals surface area contributed by atoms with E-state index in [1.165, 1.54) is 6.07 Å². The SMILES string of the molecule is Cc1ccc(-c2c(C)noc2C)cc1N(CCCCNc1cc2c(cc1F)C(=O)N(C1CCC(=O)NC1=O)C2=O)c1ccc(C#N)c(Cl)c1. The van der Waals surface area contributed by atoms with Crippen LogP contribution in [0.5, 0.6) is 0 Å². The first-order valence-electron chi connectivity index (χ1n) is 15.8. The average Bonchev–Trinajstić information content (AvgIpc) is 3.52. The van der Waals surface area contributed by atoms with E-state index in [4.69, 9.17) is 16.1 Å². The Labute approximate surface area is 286 Å². The number of benzene rings is 3. The molecule has 250 valence electrons. The summed E-state index contributed by atoms with van der Waals surface area (Å²) in [4.78, 5) is 53.1. The van der Waals surface area contributed by atoms with E-state index in [9.17, 15) is 24.4 Å². The van der Waals surface area contributed by atoms with Gasteiger partial charge in [-0.15, -0.1) is 0 Å². The summed E-state index contributed by atoms with van der Waals surface area (Å²) in [5.41, 5.74) is 5.68. The van der Waals surface area contributed by atoms with Crippen molar-refractivity contribution in [3.63, 3.8) is 0 Å². The van der Waals surface area contributed by atoms with Crippen molar-refractivity contribution in [3.8, 4) is 17.2 Å². The second-order valence-corrected chi connectivity index (χ2v) is 12.5. The molecule has 13 heteroatoms. The highest BCUT2D eigenvalue weighted by Gasteiger charge is 2.45. The number of nitrogens with one attached hydrogen (secondary N) is 2. The predicted octanol–water partition coefficient (Wildman–Crippen LogP) is 6.36. The van der Waals surface area contributed by atoms with Crippen molar-refractivity contribution in [2.24, 2.45) is 0 Å². The van der Waals surface area contributed by atoms with Gasteiger partial charge in [-0.25, -0.2) is 4.39 Å². The molecule has 2 aliphatic heterocycles. The summed E-state index contributed by atoms with van der Waals surface area (Å²) in [5.74, 6) is -2.67. The van der Waals surface area contributed by atoms with Crippen LogP contribution in [-0.2, 0) is 9.59 Å². The summed E-state index contributed by atoms with van der Waals surface area (Å²) in [5, 5.41) is 19.1. The lowest BCUT2D eigenvalue weighted by Gasteiger charge is -2.28. The van der Waals surface area contributed by atoms with Crippen molar-refractivity contribution in [1.82, 2.24) is 15.4 Å². The molecule has 6 rings (SSSR count). The standard InChI is InChI=1S/C36H32ClFN6O5/c1-19-6-7-22(33-20(2)42-49-21(33)3)14-31(19)43(24-9-8-23(18-39)27(37)15-24)13-5-4-12-40-29-17-26-25(16-28(29)38)35(47)44(36(26)48)30-10-11-32(45)41-34(30)46/h6-9,14-17,30,40H,4-5,10-13H2,1-3H3,(H,41,45,46). The number of anilines is 3. The number of unbranched alkanes of at least 4 members (excludes halogenated alkanes) is 1. The molecule has 0 saturated carbocycles. The molecule has 1 aromatic heterocycles. The van der Waals surface area contributed by atoms with Crippen LogP contribution < -0.4 is 15.5 Å². The summed E-state index contributed by atoms with van der Waals surface area (Å²) in [6.07, 6.45) is 1.27. The zero-order chi connectivity index (χ0) is 35.0. The molecule has 0 radical (unpaired) electrons. The van der Waals surface area contributed by atoms with E-state index in [2.05, 4.69) is 32.8 Å². The lowest BCUT2D eigenvalue weighted by atomic mass is 10.0. The molecule has 0 aliphatic carbocycles. The van der Waals surface area contributed by atoms with E-state index in [0.717, 1.165) is 44.7 Å². The smallest absolute Gasteiger partial charge is 0.262 e. The monoisotopic (exact) mass is 682 g/mol. The molecule has 4 amide bonds. The van der Waals surface area contributed by atoms with Crippen LogP contribution in [0.15, 0.2) is 53.1 Å². The lowest BCUT2D eigenvalue weighted by Crippen LogP contribution is -2.54. The predicted molar refractivity (Wildman–Crippen MR) is 180 cm³/mol. The Balaban J connectivity index is 1.18. The number of fused-ring (bicyclic) bond motifs is 1. The first-order chi connectivity index (χ1) is 23.5. The molecule has 1 atom stereocenters. The number of aryl methyl sites for hydroxylation is 3. The highest BCUT2D eigenvalue weighted by atomic mass is 35.5. The van der Waals surface area contributed by atoms with Gasteiger partial charge in [-0.3, -0.25) is 29.4 Å². The molecule has 0 spiro atoms. The molecular weight excluding hydrogens is 651 g/mol. The van der Waals surface area contributed by atoms with Gasteiger partial charge in [-0.05, 0) is 87.6 Å². The Morgan fingerprint density at radius 3 is 2.49 bits per heavy atom. The Morgan fingerprint density at radius 1 is 1.06 bits per heavy atom. The molecule has 4 aromatic rings. The fraction of sp³-hybridized carbons (Fsp3) is 0.278. The van der Waals surface area contributed by atoms with Crippen LogP contribution in [0.25, 0.3) is 11.1 Å². The van der Waals surface area contributed by atoms with Crippen LogP contribution in [0.4, 0.5) is 21.5 Å². The molecule has 3 aromatic carbocycles. The largest absolute Gasteiger partial charge is 0.383 e. The molecule has 49 heavy (non-hydrogen) atoms. The van der Waals surface area contributed by atoms with Gasteiger partial charge < -0.3 is 14.7 Å². The minimum Gasteiger partial charge on any atom is -0.383 e. The molecule has 1 fully saturated rings. The number of amides is 4. The first kappa shape index (κ1) is 33.4. The van der Waals surface area contributed by atoms with E-state index < -0.39 is 35.5 Å². The summed E-state index contributed by atoms with van der Waals surface area (Å²) >= 11 is 6.45. The van der Waals surface area contributed by atoms with Crippen molar-refractivity contribution in [1.29, 1.82) is 5.26 Å². The van der Waals surface area contributed by atoms with Gasteiger partial charge in [-0.2, -0.15) is 5.26 Å². The van der Waals surface area contributed by atoms with Gasteiger partial charge in [0.25, 0.3) is 11.8 Å². The van der Waals surface area contributed by atoms with Gasteiger partial charge in [-0.1, -0.05) is 28.9 Å². The van der Waals surface area contributed by atoms with Crippen LogP contribution in [0.2, 0.25) is 5.02 Å². The van der Waals surface area contributed by atoms with Gasteiger partial charge in [0.1, 0.15) is 23.7 Å². The zero-order valence-corrected chi connectivity index (χ0v) is 27.8. The number of piperidine rings is 1. The van der Waals surface area contributed by atoms with Crippen molar-refractivity contribution < 1.29 is 28.1 Å². The van der Waals surface area contributed by atoms with Crippen LogP contribution >= 0.6 is 11.6 Å². The highest BCUT2D eigenvalue weighted by molar-refractivity contribution is 6.32. The minimum atomic E-state index is -1.13. The summed E-state index contributed by atoms with van der Waals surface area (Å²) in [6.45, 7) is 6.68. The number of carbonyl (C=O) groups excluding carboxylic acids is 4. The fourth-order valence-electron chi connectivity index (χ4n) is 6.35. The van der Waals surface area contributed by atoms with Crippen molar-refractivity contribution in [2.45, 2.75) is 52.5 Å². The number of halogens is 2. The maximum Gasteiger partial charge on any atom is 0.262 e. The second kappa shape index (κ2) is 13.5. The quantitative estimate of drug-likeness (QED) is 0.144. The van der Waals surface area contributed by atoms with Crippen LogP contribution in [-0.4, -0.2) is 52.8 Å². The zero-order valence-electron chi connectivity index (χ0n) is 27.0. The Morgan fingerprint density at radius 2 is 1.82 bits per heavy atom. The third-order valence-electron chi connectivity index (χ3n) is 8.86. The summed E-state index contributed by atoms with van der Waals surface area (Å²) in [7, 11) is 0. The van der Waals surface area contributed by atoms with Crippen LogP contribution in [0.1, 0.15) is 69.0 Å². The van der Waals surface area contributed by atoms with E-state index in [1.807, 2.05) is 39.0 Å². The Hall–Kier alpha value is -5.54. The molecule has 1 unspecified atom stereocenters. The number of aromatic nitrogens is 1. The van der Waals surface area contributed by atoms with E-state index in [1.54, 1.807) is 12.1 Å². The van der Waals surface area contributed by atoms with E-state index >= 15 is 4.39 Å². The van der Waals surface area contributed by atoms with Gasteiger partial charge in [0, 0.05) is 36.4 Å². The molecule has 3 heterocycles. The normalized spacial score (nSPS) is 15.7. The van der Waals surface area contributed by atoms with Gasteiger partial charge >= 0.3 is 0 Å².